The summed E-state index contributed by atoms with van der Waals surface area (Å²) in [7, 11) is 1.97. The summed E-state index contributed by atoms with van der Waals surface area (Å²) in [5, 5.41) is 6.03. The van der Waals surface area contributed by atoms with Crippen LogP contribution in [0.5, 0.6) is 0 Å². The number of likely N-dealkylation sites (N-methyl/N-ethyl adjacent to an activating group) is 1. The second-order valence-corrected chi connectivity index (χ2v) is 4.86. The van der Waals surface area contributed by atoms with E-state index in [2.05, 4.69) is 25.5 Å². The zero-order valence-electron chi connectivity index (χ0n) is 11.5. The Morgan fingerprint density at radius 1 is 1.47 bits per heavy atom. The summed E-state index contributed by atoms with van der Waals surface area (Å²) in [6.07, 6.45) is 5.52. The van der Waals surface area contributed by atoms with Gasteiger partial charge in [-0.25, -0.2) is 9.97 Å². The Morgan fingerprint density at radius 3 is 2.89 bits per heavy atom. The zero-order valence-corrected chi connectivity index (χ0v) is 11.5. The van der Waals surface area contributed by atoms with Gasteiger partial charge < -0.3 is 5.32 Å². The molecule has 1 aliphatic rings. The van der Waals surface area contributed by atoms with Crippen LogP contribution in [0.25, 0.3) is 0 Å². The van der Waals surface area contributed by atoms with Crippen molar-refractivity contribution in [1.82, 2.24) is 20.2 Å². The lowest BCUT2D eigenvalue weighted by molar-refractivity contribution is -0.121. The van der Waals surface area contributed by atoms with Crippen molar-refractivity contribution in [2.24, 2.45) is 0 Å². The molecule has 1 aromatic rings. The molecule has 19 heavy (non-hydrogen) atoms. The maximum atomic E-state index is 12.2. The number of nitrogens with zero attached hydrogens (tertiary/aromatic N) is 3. The minimum Gasteiger partial charge on any atom is -0.316 e. The molecule has 0 spiro atoms. The van der Waals surface area contributed by atoms with Crippen molar-refractivity contribution in [2.75, 3.05) is 25.5 Å². The summed E-state index contributed by atoms with van der Waals surface area (Å²) in [6.45, 7) is 3.79. The lowest BCUT2D eigenvalue weighted by Crippen LogP contribution is -2.51. The van der Waals surface area contributed by atoms with E-state index in [-0.39, 0.29) is 11.9 Å². The van der Waals surface area contributed by atoms with Gasteiger partial charge in [0.2, 0.25) is 11.9 Å². The molecule has 2 N–H and O–H groups in total. The monoisotopic (exact) mass is 263 g/mol. The van der Waals surface area contributed by atoms with Gasteiger partial charge in [0, 0.05) is 25.0 Å². The number of piperidine rings is 1. The van der Waals surface area contributed by atoms with Crippen LogP contribution in [0.2, 0.25) is 0 Å². The highest BCUT2D eigenvalue weighted by molar-refractivity contribution is 5.93. The molecule has 6 heteroatoms. The Balaban J connectivity index is 1.91. The van der Waals surface area contributed by atoms with Gasteiger partial charge in [0.15, 0.2) is 0 Å². The molecule has 2 unspecified atom stereocenters. The smallest absolute Gasteiger partial charge is 0.243 e. The molecule has 1 saturated heterocycles. The number of hydrogen-bond acceptors (Lipinski definition) is 5. The van der Waals surface area contributed by atoms with Gasteiger partial charge in [0.05, 0.1) is 6.04 Å². The average molecular weight is 263 g/mol. The number of anilines is 1. The number of likely N-dealkylation sites (tertiary alicyclic amines) is 1. The van der Waals surface area contributed by atoms with Gasteiger partial charge in [0.1, 0.15) is 0 Å². The Labute approximate surface area is 113 Å². The summed E-state index contributed by atoms with van der Waals surface area (Å²) >= 11 is 0. The van der Waals surface area contributed by atoms with Crippen LogP contribution in [0, 0.1) is 0 Å². The predicted molar refractivity (Wildman–Crippen MR) is 73.8 cm³/mol. The minimum atomic E-state index is -0.167. The van der Waals surface area contributed by atoms with Gasteiger partial charge in [0.25, 0.3) is 0 Å². The number of carbonyl (C=O) groups excluding carboxylic acids is 1. The van der Waals surface area contributed by atoms with E-state index < -0.39 is 0 Å². The second kappa shape index (κ2) is 6.58. The molecule has 2 atom stereocenters. The second-order valence-electron chi connectivity index (χ2n) is 4.86. The topological polar surface area (TPSA) is 70.2 Å². The largest absolute Gasteiger partial charge is 0.316 e. The highest BCUT2D eigenvalue weighted by Gasteiger charge is 2.26. The van der Waals surface area contributed by atoms with Gasteiger partial charge in [-0.2, -0.15) is 0 Å². The standard InChI is InChI=1S/C13H21N5O/c1-10(18-8-3-5-11(9-18)14-2)12(19)17-13-15-6-4-7-16-13/h4,6-7,10-11,14H,3,5,8-9H2,1-2H3,(H,15,16,17,19). The summed E-state index contributed by atoms with van der Waals surface area (Å²) < 4.78 is 0. The van der Waals surface area contributed by atoms with Crippen molar-refractivity contribution in [1.29, 1.82) is 0 Å². The van der Waals surface area contributed by atoms with E-state index >= 15 is 0 Å². The van der Waals surface area contributed by atoms with Crippen LogP contribution in [0.15, 0.2) is 18.5 Å². The van der Waals surface area contributed by atoms with Crippen molar-refractivity contribution in [3.05, 3.63) is 18.5 Å². The van der Waals surface area contributed by atoms with Crippen molar-refractivity contribution in [3.63, 3.8) is 0 Å². The van der Waals surface area contributed by atoms with Crippen molar-refractivity contribution in [2.45, 2.75) is 31.8 Å². The maximum Gasteiger partial charge on any atom is 0.243 e. The maximum absolute atomic E-state index is 12.2. The van der Waals surface area contributed by atoms with Crippen LogP contribution in [-0.4, -0.2) is 53.0 Å². The molecule has 0 radical (unpaired) electrons. The van der Waals surface area contributed by atoms with Crippen LogP contribution >= 0.6 is 0 Å². The molecule has 6 nitrogen and oxygen atoms in total. The zero-order chi connectivity index (χ0) is 13.7. The minimum absolute atomic E-state index is 0.0528. The van der Waals surface area contributed by atoms with Gasteiger partial charge in [-0.3, -0.25) is 15.0 Å². The van der Waals surface area contributed by atoms with E-state index in [1.807, 2.05) is 14.0 Å². The van der Waals surface area contributed by atoms with E-state index in [9.17, 15) is 4.79 Å². The molecule has 0 aromatic carbocycles. The molecule has 0 saturated carbocycles. The quantitative estimate of drug-likeness (QED) is 0.827. The predicted octanol–water partition coefficient (Wildman–Crippen LogP) is 0.487. The Hall–Kier alpha value is -1.53. The van der Waals surface area contributed by atoms with Crippen LogP contribution < -0.4 is 10.6 Å². The van der Waals surface area contributed by atoms with Gasteiger partial charge in [-0.05, 0) is 39.4 Å². The first kappa shape index (κ1) is 13.9. The highest BCUT2D eigenvalue weighted by Crippen LogP contribution is 2.13. The molecule has 0 bridgehead atoms. The third-order valence-electron chi connectivity index (χ3n) is 3.59. The molecule has 104 valence electrons. The summed E-state index contributed by atoms with van der Waals surface area (Å²) in [6, 6.07) is 2.03. The van der Waals surface area contributed by atoms with Crippen LogP contribution in [0.4, 0.5) is 5.95 Å². The Morgan fingerprint density at radius 2 is 2.21 bits per heavy atom. The molecule has 1 fully saturated rings. The van der Waals surface area contributed by atoms with Gasteiger partial charge >= 0.3 is 0 Å². The number of rotatable bonds is 4. The number of carbonyl (C=O) groups is 1. The molecule has 1 amide bonds. The summed E-state index contributed by atoms with van der Waals surface area (Å²) in [5.74, 6) is 0.310. The first-order chi connectivity index (χ1) is 9.20. The molecule has 0 aliphatic carbocycles. The lowest BCUT2D eigenvalue weighted by atomic mass is 10.0. The normalized spacial score (nSPS) is 21.9. The first-order valence-corrected chi connectivity index (χ1v) is 6.70. The molecular weight excluding hydrogens is 242 g/mol. The third kappa shape index (κ3) is 3.71. The summed E-state index contributed by atoms with van der Waals surface area (Å²) in [5.41, 5.74) is 0. The fraction of sp³-hybridized carbons (Fsp3) is 0.615. The highest BCUT2D eigenvalue weighted by atomic mass is 16.2. The summed E-state index contributed by atoms with van der Waals surface area (Å²) in [4.78, 5) is 22.4. The Kier molecular flexibility index (Phi) is 4.81. The Bertz CT molecular complexity index is 411. The molecule has 1 aliphatic heterocycles. The van der Waals surface area contributed by atoms with Gasteiger partial charge in [-0.1, -0.05) is 0 Å². The van der Waals surface area contributed by atoms with Crippen molar-refractivity contribution in [3.8, 4) is 0 Å². The number of nitrogens with one attached hydrogen (secondary N) is 2. The van der Waals surface area contributed by atoms with Gasteiger partial charge in [-0.15, -0.1) is 0 Å². The number of aromatic nitrogens is 2. The van der Waals surface area contributed by atoms with E-state index in [1.165, 1.54) is 6.42 Å². The van der Waals surface area contributed by atoms with Crippen LogP contribution in [0.3, 0.4) is 0 Å². The van der Waals surface area contributed by atoms with E-state index in [0.29, 0.717) is 12.0 Å². The fourth-order valence-corrected chi connectivity index (χ4v) is 2.34. The van der Waals surface area contributed by atoms with Crippen LogP contribution in [0.1, 0.15) is 19.8 Å². The third-order valence-corrected chi connectivity index (χ3v) is 3.59. The molecule has 2 heterocycles. The lowest BCUT2D eigenvalue weighted by Gasteiger charge is -2.35. The van der Waals surface area contributed by atoms with E-state index in [0.717, 1.165) is 19.5 Å². The molecule has 1 aromatic heterocycles. The number of amides is 1. The molecule has 2 rings (SSSR count). The van der Waals surface area contributed by atoms with Crippen LogP contribution in [-0.2, 0) is 4.79 Å². The van der Waals surface area contributed by atoms with E-state index in [1.54, 1.807) is 18.5 Å². The fourth-order valence-electron chi connectivity index (χ4n) is 2.34. The SMILES string of the molecule is CNC1CCCN(C(C)C(=O)Nc2ncccn2)C1. The first-order valence-electron chi connectivity index (χ1n) is 6.70. The average Bonchev–Trinajstić information content (AvgIpc) is 2.47. The number of hydrogen-bond donors (Lipinski definition) is 2. The molecular formula is C13H21N5O. The van der Waals surface area contributed by atoms with Crippen molar-refractivity contribution >= 4 is 11.9 Å². The van der Waals surface area contributed by atoms with Crippen molar-refractivity contribution < 1.29 is 4.79 Å². The van der Waals surface area contributed by atoms with E-state index in [4.69, 9.17) is 0 Å².